The number of rotatable bonds is 2. The van der Waals surface area contributed by atoms with Crippen LogP contribution in [0.5, 0.6) is 0 Å². The van der Waals surface area contributed by atoms with Gasteiger partial charge in [0.05, 0.1) is 6.54 Å². The van der Waals surface area contributed by atoms with Crippen LogP contribution in [0, 0.1) is 0 Å². The molecule has 1 N–H and O–H groups in total. The zero-order chi connectivity index (χ0) is 14.8. The van der Waals surface area contributed by atoms with Gasteiger partial charge in [0.1, 0.15) is 0 Å². The lowest BCUT2D eigenvalue weighted by Gasteiger charge is -2.27. The average molecular weight is 321 g/mol. The molecule has 3 rings (SSSR count). The fourth-order valence-electron chi connectivity index (χ4n) is 2.48. The van der Waals surface area contributed by atoms with Crippen molar-refractivity contribution in [2.24, 2.45) is 0 Å². The monoisotopic (exact) mass is 320 g/mol. The number of halogens is 2. The highest BCUT2D eigenvalue weighted by Gasteiger charge is 2.20. The third-order valence-electron chi connectivity index (χ3n) is 3.50. The summed E-state index contributed by atoms with van der Waals surface area (Å²) in [5.74, 6) is 0.0728. The van der Waals surface area contributed by atoms with Crippen LogP contribution in [0.25, 0.3) is 11.1 Å². The quantitative estimate of drug-likeness (QED) is 0.917. The molecule has 1 aliphatic rings. The van der Waals surface area contributed by atoms with Crippen molar-refractivity contribution < 1.29 is 4.79 Å². The minimum Gasteiger partial charge on any atom is -0.310 e. The Hall–Kier alpha value is -1.55. The molecule has 3 nitrogen and oxygen atoms in total. The number of piperazine rings is 1. The molecular formula is C16H14Cl2N2O. The van der Waals surface area contributed by atoms with Gasteiger partial charge in [0, 0.05) is 34.4 Å². The molecule has 1 heterocycles. The molecule has 0 bridgehead atoms. The Kier molecular flexibility index (Phi) is 4.15. The molecular weight excluding hydrogens is 307 g/mol. The molecule has 21 heavy (non-hydrogen) atoms. The van der Waals surface area contributed by atoms with Crippen LogP contribution >= 0.6 is 23.2 Å². The van der Waals surface area contributed by atoms with Crippen LogP contribution in [-0.4, -0.2) is 25.5 Å². The van der Waals surface area contributed by atoms with Gasteiger partial charge in [-0.25, -0.2) is 0 Å². The van der Waals surface area contributed by atoms with Crippen molar-refractivity contribution in [1.29, 1.82) is 0 Å². The summed E-state index contributed by atoms with van der Waals surface area (Å²) in [6.45, 7) is 1.83. The third kappa shape index (κ3) is 2.91. The molecule has 1 saturated heterocycles. The van der Waals surface area contributed by atoms with Crippen molar-refractivity contribution in [2.45, 2.75) is 0 Å². The molecule has 2 aromatic rings. The maximum Gasteiger partial charge on any atom is 0.240 e. The van der Waals surface area contributed by atoms with Gasteiger partial charge < -0.3 is 10.2 Å². The van der Waals surface area contributed by atoms with Crippen LogP contribution in [-0.2, 0) is 4.79 Å². The first-order chi connectivity index (χ1) is 10.2. The van der Waals surface area contributed by atoms with Gasteiger partial charge in [-0.3, -0.25) is 4.79 Å². The second-order valence-corrected chi connectivity index (χ2v) is 5.68. The van der Waals surface area contributed by atoms with E-state index in [4.69, 9.17) is 23.2 Å². The van der Waals surface area contributed by atoms with Crippen molar-refractivity contribution in [2.75, 3.05) is 24.5 Å². The second kappa shape index (κ2) is 6.06. The lowest BCUT2D eigenvalue weighted by Crippen LogP contribution is -2.48. The Labute approximate surface area is 133 Å². The lowest BCUT2D eigenvalue weighted by molar-refractivity contribution is -0.118. The van der Waals surface area contributed by atoms with E-state index >= 15 is 0 Å². The van der Waals surface area contributed by atoms with Gasteiger partial charge in [0.25, 0.3) is 0 Å². The highest BCUT2D eigenvalue weighted by atomic mass is 35.5. The van der Waals surface area contributed by atoms with Crippen molar-refractivity contribution >= 4 is 34.8 Å². The third-order valence-corrected chi connectivity index (χ3v) is 4.13. The summed E-state index contributed by atoms with van der Waals surface area (Å²) in [7, 11) is 0. The SMILES string of the molecule is O=C1CNCCN1c1cccc(-c2c(Cl)cccc2Cl)c1. The van der Waals surface area contributed by atoms with Crippen molar-refractivity contribution in [1.82, 2.24) is 5.32 Å². The second-order valence-electron chi connectivity index (χ2n) is 4.87. The smallest absolute Gasteiger partial charge is 0.240 e. The molecule has 1 aliphatic heterocycles. The van der Waals surface area contributed by atoms with Gasteiger partial charge in [0.15, 0.2) is 0 Å². The predicted octanol–water partition coefficient (Wildman–Crippen LogP) is 3.60. The Balaban J connectivity index is 2.02. The van der Waals surface area contributed by atoms with Crippen LogP contribution in [0.15, 0.2) is 42.5 Å². The molecule has 2 aromatic carbocycles. The molecule has 0 unspecified atom stereocenters. The number of benzene rings is 2. The highest BCUT2D eigenvalue weighted by Crippen LogP contribution is 2.36. The summed E-state index contributed by atoms with van der Waals surface area (Å²) >= 11 is 12.5. The number of carbonyl (C=O) groups is 1. The number of carbonyl (C=O) groups excluding carboxylic acids is 1. The molecule has 0 saturated carbocycles. The van der Waals surface area contributed by atoms with Gasteiger partial charge in [-0.2, -0.15) is 0 Å². The van der Waals surface area contributed by atoms with Crippen LogP contribution < -0.4 is 10.2 Å². The van der Waals surface area contributed by atoms with E-state index in [2.05, 4.69) is 5.32 Å². The Morgan fingerprint density at radius 2 is 1.76 bits per heavy atom. The van der Waals surface area contributed by atoms with E-state index in [-0.39, 0.29) is 5.91 Å². The summed E-state index contributed by atoms with van der Waals surface area (Å²) in [5, 5.41) is 4.27. The van der Waals surface area contributed by atoms with Crippen molar-refractivity contribution in [3.05, 3.63) is 52.5 Å². The topological polar surface area (TPSA) is 32.3 Å². The number of nitrogens with zero attached hydrogens (tertiary/aromatic N) is 1. The van der Waals surface area contributed by atoms with Crippen LogP contribution in [0.2, 0.25) is 10.0 Å². The van der Waals surface area contributed by atoms with Gasteiger partial charge in [-0.1, -0.05) is 41.4 Å². The maximum absolute atomic E-state index is 12.0. The number of hydrogen-bond donors (Lipinski definition) is 1. The van der Waals surface area contributed by atoms with E-state index in [0.29, 0.717) is 23.1 Å². The van der Waals surface area contributed by atoms with Crippen molar-refractivity contribution in [3.63, 3.8) is 0 Å². The predicted molar refractivity (Wildman–Crippen MR) is 87.1 cm³/mol. The Morgan fingerprint density at radius 3 is 2.48 bits per heavy atom. The summed E-state index contributed by atoms with van der Waals surface area (Å²) in [6, 6.07) is 13.2. The van der Waals surface area contributed by atoms with E-state index in [1.54, 1.807) is 4.90 Å². The number of nitrogens with one attached hydrogen (secondary N) is 1. The molecule has 108 valence electrons. The Morgan fingerprint density at radius 1 is 1.05 bits per heavy atom. The van der Waals surface area contributed by atoms with Crippen LogP contribution in [0.3, 0.4) is 0 Å². The molecule has 0 aliphatic carbocycles. The van der Waals surface area contributed by atoms with Gasteiger partial charge in [-0.15, -0.1) is 0 Å². The molecule has 5 heteroatoms. The molecule has 0 aromatic heterocycles. The van der Waals surface area contributed by atoms with Gasteiger partial charge >= 0.3 is 0 Å². The van der Waals surface area contributed by atoms with E-state index < -0.39 is 0 Å². The van der Waals surface area contributed by atoms with Crippen LogP contribution in [0.4, 0.5) is 5.69 Å². The summed E-state index contributed by atoms with van der Waals surface area (Å²) in [6.07, 6.45) is 0. The van der Waals surface area contributed by atoms with E-state index in [0.717, 1.165) is 23.4 Å². The number of anilines is 1. The molecule has 0 atom stereocenters. The first-order valence-corrected chi connectivity index (χ1v) is 7.48. The minimum atomic E-state index is 0.0728. The minimum absolute atomic E-state index is 0.0728. The normalized spacial score (nSPS) is 15.3. The highest BCUT2D eigenvalue weighted by molar-refractivity contribution is 6.39. The fraction of sp³-hybridized carbons (Fsp3) is 0.188. The van der Waals surface area contributed by atoms with Crippen LogP contribution in [0.1, 0.15) is 0 Å². The maximum atomic E-state index is 12.0. The van der Waals surface area contributed by atoms with E-state index in [1.807, 2.05) is 42.5 Å². The summed E-state index contributed by atoms with van der Waals surface area (Å²) in [4.78, 5) is 13.8. The lowest BCUT2D eigenvalue weighted by atomic mass is 10.0. The van der Waals surface area contributed by atoms with Gasteiger partial charge in [-0.05, 0) is 29.8 Å². The molecule has 1 fully saturated rings. The average Bonchev–Trinajstić information content (AvgIpc) is 2.48. The zero-order valence-electron chi connectivity index (χ0n) is 11.3. The van der Waals surface area contributed by atoms with E-state index in [1.165, 1.54) is 0 Å². The zero-order valence-corrected chi connectivity index (χ0v) is 12.8. The fourth-order valence-corrected chi connectivity index (χ4v) is 3.10. The molecule has 0 spiro atoms. The molecule has 1 amide bonds. The summed E-state index contributed by atoms with van der Waals surface area (Å²) in [5.41, 5.74) is 2.58. The standard InChI is InChI=1S/C16H14Cl2N2O/c17-13-5-2-6-14(18)16(13)11-3-1-4-12(9-11)20-8-7-19-10-15(20)21/h1-6,9,19H,7-8,10H2. The largest absolute Gasteiger partial charge is 0.310 e. The molecule has 0 radical (unpaired) electrons. The first-order valence-electron chi connectivity index (χ1n) is 6.72. The Bertz CT molecular complexity index is 667. The first kappa shape index (κ1) is 14.4. The number of amides is 1. The van der Waals surface area contributed by atoms with Gasteiger partial charge in [0.2, 0.25) is 5.91 Å². The summed E-state index contributed by atoms with van der Waals surface area (Å²) < 4.78 is 0. The van der Waals surface area contributed by atoms with Crippen molar-refractivity contribution in [3.8, 4) is 11.1 Å². The van der Waals surface area contributed by atoms with E-state index in [9.17, 15) is 4.79 Å². The number of hydrogen-bond acceptors (Lipinski definition) is 2.